The third-order valence-corrected chi connectivity index (χ3v) is 9.67. The topological polar surface area (TPSA) is 105 Å². The molecule has 0 fully saturated rings. The van der Waals surface area contributed by atoms with Gasteiger partial charge in [-0.15, -0.1) is 0 Å². The molecule has 0 aromatic heterocycles. The average molecular weight is 671 g/mol. The van der Waals surface area contributed by atoms with Crippen molar-refractivity contribution in [3.63, 3.8) is 0 Å². The summed E-state index contributed by atoms with van der Waals surface area (Å²) in [6, 6.07) is 25.4. The molecule has 0 radical (unpaired) electrons. The number of rotatable bonds is 13. The number of ether oxygens (including phenoxy) is 2. The molecule has 4 aromatic carbocycles. The van der Waals surface area contributed by atoms with Crippen LogP contribution in [0, 0.1) is 0 Å². The lowest BCUT2D eigenvalue weighted by Gasteiger charge is -2.34. The number of methoxy groups -OCH3 is 2. The Morgan fingerprint density at radius 3 is 2.04 bits per heavy atom. The van der Waals surface area contributed by atoms with Gasteiger partial charge in [0, 0.05) is 35.6 Å². The van der Waals surface area contributed by atoms with Gasteiger partial charge in [-0.2, -0.15) is 0 Å². The number of hydrogen-bond donors (Lipinski definition) is 1. The maximum atomic E-state index is 14.5. The van der Waals surface area contributed by atoms with Crippen molar-refractivity contribution in [3.05, 3.63) is 118 Å². The second-order valence-corrected chi connectivity index (χ2v) is 12.6. The van der Waals surface area contributed by atoms with Crippen LogP contribution in [0.3, 0.4) is 0 Å². The number of nitrogens with one attached hydrogen (secondary N) is 1. The van der Waals surface area contributed by atoms with Gasteiger partial charge in [0.25, 0.3) is 10.0 Å². The van der Waals surface area contributed by atoms with Gasteiger partial charge < -0.3 is 19.7 Å². The van der Waals surface area contributed by atoms with Crippen LogP contribution in [0.25, 0.3) is 0 Å². The van der Waals surface area contributed by atoms with Gasteiger partial charge in [0.1, 0.15) is 24.1 Å². The molecule has 0 saturated heterocycles. The predicted octanol–water partition coefficient (Wildman–Crippen LogP) is 5.59. The summed E-state index contributed by atoms with van der Waals surface area (Å²) in [5.74, 6) is -0.419. The zero-order valence-electron chi connectivity index (χ0n) is 24.9. The first kappa shape index (κ1) is 33.6. The summed E-state index contributed by atoms with van der Waals surface area (Å²) in [5.41, 5.74) is 1.35. The highest BCUT2D eigenvalue weighted by Gasteiger charge is 2.35. The molecule has 0 spiro atoms. The Bertz CT molecular complexity index is 1720. The maximum absolute atomic E-state index is 14.5. The van der Waals surface area contributed by atoms with Crippen molar-refractivity contribution in [1.29, 1.82) is 0 Å². The SMILES string of the molecule is CNC(=O)[C@@H](Cc1ccccc1)N(Cc1c(Cl)cccc1Cl)C(=O)CN(c1ccccc1OC)S(=O)(=O)c1ccc(OC)cc1. The van der Waals surface area contributed by atoms with Gasteiger partial charge in [-0.1, -0.05) is 71.7 Å². The molecular formula is C33H33Cl2N3O6S. The maximum Gasteiger partial charge on any atom is 0.264 e. The Morgan fingerprint density at radius 2 is 1.44 bits per heavy atom. The first-order valence-corrected chi connectivity index (χ1v) is 16.1. The third kappa shape index (κ3) is 7.89. The van der Waals surface area contributed by atoms with E-state index in [-0.39, 0.29) is 29.3 Å². The molecule has 0 aliphatic rings. The normalized spacial score (nSPS) is 11.8. The van der Waals surface area contributed by atoms with Crippen molar-refractivity contribution in [2.24, 2.45) is 0 Å². The van der Waals surface area contributed by atoms with E-state index in [1.165, 1.54) is 50.4 Å². The Kier molecular flexibility index (Phi) is 11.3. The van der Waals surface area contributed by atoms with Crippen LogP contribution in [0.2, 0.25) is 10.0 Å². The van der Waals surface area contributed by atoms with Crippen LogP contribution in [0.4, 0.5) is 5.69 Å². The minimum Gasteiger partial charge on any atom is -0.497 e. The highest BCUT2D eigenvalue weighted by Crippen LogP contribution is 2.34. The number of carbonyl (C=O) groups is 2. The van der Waals surface area contributed by atoms with Crippen molar-refractivity contribution in [3.8, 4) is 11.5 Å². The lowest BCUT2D eigenvalue weighted by molar-refractivity contribution is -0.139. The molecule has 45 heavy (non-hydrogen) atoms. The fraction of sp³-hybridized carbons (Fsp3) is 0.212. The Hall–Kier alpha value is -4.25. The fourth-order valence-corrected chi connectivity index (χ4v) is 6.74. The van der Waals surface area contributed by atoms with Gasteiger partial charge in [0.15, 0.2) is 0 Å². The second-order valence-electron chi connectivity index (χ2n) is 9.90. The van der Waals surface area contributed by atoms with Gasteiger partial charge in [0.05, 0.1) is 24.8 Å². The second kappa shape index (κ2) is 15.2. The zero-order valence-corrected chi connectivity index (χ0v) is 27.3. The summed E-state index contributed by atoms with van der Waals surface area (Å²) in [5, 5.41) is 3.23. The minimum absolute atomic E-state index is 0.0742. The summed E-state index contributed by atoms with van der Waals surface area (Å²) in [6.07, 6.45) is 0.147. The third-order valence-electron chi connectivity index (χ3n) is 7.19. The predicted molar refractivity (Wildman–Crippen MR) is 176 cm³/mol. The van der Waals surface area contributed by atoms with Crippen molar-refractivity contribution in [2.45, 2.75) is 23.9 Å². The number of halogens is 2. The fourth-order valence-electron chi connectivity index (χ4n) is 4.80. The van der Waals surface area contributed by atoms with Crippen LogP contribution in [-0.2, 0) is 32.6 Å². The summed E-state index contributed by atoms with van der Waals surface area (Å²) >= 11 is 13.0. The quantitative estimate of drug-likeness (QED) is 0.199. The van der Waals surface area contributed by atoms with Crippen molar-refractivity contribution in [1.82, 2.24) is 10.2 Å². The molecule has 0 heterocycles. The summed E-state index contributed by atoms with van der Waals surface area (Å²) < 4.78 is 40.1. The van der Waals surface area contributed by atoms with Crippen LogP contribution < -0.4 is 19.1 Å². The summed E-state index contributed by atoms with van der Waals surface area (Å²) in [7, 11) is 0.0131. The number of benzene rings is 4. The van der Waals surface area contributed by atoms with Crippen molar-refractivity contribution in [2.75, 3.05) is 32.1 Å². The van der Waals surface area contributed by atoms with E-state index in [0.717, 1.165) is 9.87 Å². The summed E-state index contributed by atoms with van der Waals surface area (Å²) in [4.78, 5) is 29.1. The van der Waals surface area contributed by atoms with Crippen LogP contribution in [-0.4, -0.2) is 59.0 Å². The standard InChI is InChI=1S/C33H33Cl2N3O6S/c1-36-33(40)30(20-23-10-5-4-6-11-23)37(21-26-27(34)12-9-13-28(26)35)32(39)22-38(29-14-7-8-15-31(29)44-3)45(41,42)25-18-16-24(43-2)17-19-25/h4-19,30H,20-22H2,1-3H3,(H,36,40)/t30-/m1/s1. The molecule has 1 N–H and O–H groups in total. The lowest BCUT2D eigenvalue weighted by Crippen LogP contribution is -2.53. The molecular weight excluding hydrogens is 637 g/mol. The van der Waals surface area contributed by atoms with Gasteiger partial charge >= 0.3 is 0 Å². The number of para-hydroxylation sites is 2. The smallest absolute Gasteiger partial charge is 0.264 e. The Balaban J connectivity index is 1.84. The number of hydrogen-bond acceptors (Lipinski definition) is 6. The minimum atomic E-state index is -4.34. The molecule has 1 atom stereocenters. The molecule has 4 rings (SSSR count). The molecule has 9 nitrogen and oxygen atoms in total. The molecule has 2 amide bonds. The highest BCUT2D eigenvalue weighted by molar-refractivity contribution is 7.92. The molecule has 0 bridgehead atoms. The van der Waals surface area contributed by atoms with E-state index in [0.29, 0.717) is 21.4 Å². The van der Waals surface area contributed by atoms with E-state index < -0.39 is 34.4 Å². The Morgan fingerprint density at radius 1 is 0.822 bits per heavy atom. The van der Waals surface area contributed by atoms with Crippen LogP contribution in [0.1, 0.15) is 11.1 Å². The average Bonchev–Trinajstić information content (AvgIpc) is 3.06. The van der Waals surface area contributed by atoms with Crippen LogP contribution >= 0.6 is 23.2 Å². The number of sulfonamides is 1. The number of anilines is 1. The van der Waals surface area contributed by atoms with E-state index in [1.807, 2.05) is 30.3 Å². The zero-order chi connectivity index (χ0) is 32.6. The van der Waals surface area contributed by atoms with Crippen LogP contribution in [0.15, 0.2) is 102 Å². The van der Waals surface area contributed by atoms with Crippen molar-refractivity contribution < 1.29 is 27.5 Å². The number of carbonyl (C=O) groups excluding carboxylic acids is 2. The largest absolute Gasteiger partial charge is 0.497 e. The lowest BCUT2D eigenvalue weighted by atomic mass is 10.0. The summed E-state index contributed by atoms with van der Waals surface area (Å²) in [6.45, 7) is -0.830. The number of nitrogens with zero attached hydrogens (tertiary/aromatic N) is 2. The van der Waals surface area contributed by atoms with Gasteiger partial charge in [0.2, 0.25) is 11.8 Å². The van der Waals surface area contributed by atoms with Gasteiger partial charge in [-0.25, -0.2) is 8.42 Å². The molecule has 0 unspecified atom stereocenters. The molecule has 12 heteroatoms. The van der Waals surface area contributed by atoms with E-state index in [2.05, 4.69) is 5.32 Å². The molecule has 0 aliphatic carbocycles. The van der Waals surface area contributed by atoms with Crippen molar-refractivity contribution >= 4 is 50.7 Å². The highest BCUT2D eigenvalue weighted by atomic mass is 35.5. The molecule has 4 aromatic rings. The molecule has 236 valence electrons. The number of amides is 2. The van der Waals surface area contributed by atoms with E-state index >= 15 is 0 Å². The number of likely N-dealkylation sites (N-methyl/N-ethyl adjacent to an activating group) is 1. The van der Waals surface area contributed by atoms with Gasteiger partial charge in [-0.05, 0) is 54.1 Å². The van der Waals surface area contributed by atoms with E-state index in [9.17, 15) is 18.0 Å². The van der Waals surface area contributed by atoms with E-state index in [4.69, 9.17) is 32.7 Å². The van der Waals surface area contributed by atoms with Crippen LogP contribution in [0.5, 0.6) is 11.5 Å². The van der Waals surface area contributed by atoms with Gasteiger partial charge in [-0.3, -0.25) is 13.9 Å². The molecule has 0 aliphatic heterocycles. The monoisotopic (exact) mass is 669 g/mol. The Labute approximate surface area is 273 Å². The van der Waals surface area contributed by atoms with E-state index in [1.54, 1.807) is 42.5 Å². The molecule has 0 saturated carbocycles. The first-order chi connectivity index (χ1) is 21.6. The first-order valence-electron chi connectivity index (χ1n) is 13.9.